The molecule has 88 valence electrons. The molecule has 0 radical (unpaired) electrons. The number of nitrogens with zero attached hydrogens (tertiary/aromatic N) is 3. The van der Waals surface area contributed by atoms with Crippen LogP contribution in [0.25, 0.3) is 0 Å². The van der Waals surface area contributed by atoms with Crippen molar-refractivity contribution in [1.29, 1.82) is 0 Å². The quantitative estimate of drug-likeness (QED) is 0.577. The average Bonchev–Trinajstić information content (AvgIpc) is 3.12. The topological polar surface area (TPSA) is 67.1 Å². The summed E-state index contributed by atoms with van der Waals surface area (Å²) in [6, 6.07) is 1.89. The van der Waals surface area contributed by atoms with Crippen LogP contribution in [0.3, 0.4) is 0 Å². The van der Waals surface area contributed by atoms with Crippen LogP contribution in [0.15, 0.2) is 6.07 Å². The number of anilines is 2. The maximum atomic E-state index is 5.40. The maximum absolute atomic E-state index is 5.40. The summed E-state index contributed by atoms with van der Waals surface area (Å²) in [7, 11) is 2.07. The molecule has 1 aliphatic carbocycles. The Morgan fingerprint density at radius 1 is 1.50 bits per heavy atom. The Labute approximate surface area is 96.0 Å². The number of hydrogen-bond acceptors (Lipinski definition) is 5. The molecule has 3 N–H and O–H groups in total. The van der Waals surface area contributed by atoms with E-state index in [2.05, 4.69) is 27.3 Å². The Hall–Kier alpha value is -1.36. The van der Waals surface area contributed by atoms with E-state index < -0.39 is 0 Å². The Morgan fingerprint density at radius 2 is 2.25 bits per heavy atom. The SMILES string of the molecule is CCc1nc(NN)cc(N(C)CC2CC2)n1. The van der Waals surface area contributed by atoms with Crippen molar-refractivity contribution in [2.24, 2.45) is 11.8 Å². The summed E-state index contributed by atoms with van der Waals surface area (Å²) in [5, 5.41) is 0. The van der Waals surface area contributed by atoms with Crippen molar-refractivity contribution in [2.75, 3.05) is 23.9 Å². The van der Waals surface area contributed by atoms with Crippen LogP contribution in [0, 0.1) is 5.92 Å². The fraction of sp³-hybridized carbons (Fsp3) is 0.636. The van der Waals surface area contributed by atoms with E-state index in [-0.39, 0.29) is 0 Å². The highest BCUT2D eigenvalue weighted by atomic mass is 15.3. The second-order valence-corrected chi connectivity index (χ2v) is 4.35. The van der Waals surface area contributed by atoms with Crippen molar-refractivity contribution >= 4 is 11.6 Å². The molecule has 0 bridgehead atoms. The van der Waals surface area contributed by atoms with Crippen LogP contribution in [-0.2, 0) is 6.42 Å². The van der Waals surface area contributed by atoms with Crippen LogP contribution in [0.4, 0.5) is 11.6 Å². The summed E-state index contributed by atoms with van der Waals surface area (Å²) in [6.45, 7) is 3.12. The second kappa shape index (κ2) is 4.65. The van der Waals surface area contributed by atoms with Gasteiger partial charge in [-0.15, -0.1) is 0 Å². The number of nitrogens with one attached hydrogen (secondary N) is 1. The first-order valence-electron chi connectivity index (χ1n) is 5.78. The molecule has 5 heteroatoms. The monoisotopic (exact) mass is 221 g/mol. The third-order valence-corrected chi connectivity index (χ3v) is 2.84. The summed E-state index contributed by atoms with van der Waals surface area (Å²) in [4.78, 5) is 11.0. The van der Waals surface area contributed by atoms with Gasteiger partial charge in [0.15, 0.2) is 0 Å². The van der Waals surface area contributed by atoms with E-state index in [0.717, 1.165) is 30.5 Å². The number of hydrazine groups is 1. The van der Waals surface area contributed by atoms with E-state index in [4.69, 9.17) is 5.84 Å². The molecular formula is C11H19N5. The highest BCUT2D eigenvalue weighted by Gasteiger charge is 2.23. The van der Waals surface area contributed by atoms with Crippen molar-refractivity contribution in [3.63, 3.8) is 0 Å². The van der Waals surface area contributed by atoms with Crippen LogP contribution in [0.1, 0.15) is 25.6 Å². The minimum absolute atomic E-state index is 0.685. The van der Waals surface area contributed by atoms with E-state index in [9.17, 15) is 0 Å². The molecule has 0 unspecified atom stereocenters. The van der Waals surface area contributed by atoms with Gasteiger partial charge in [0.2, 0.25) is 0 Å². The van der Waals surface area contributed by atoms with Crippen LogP contribution in [0.2, 0.25) is 0 Å². The van der Waals surface area contributed by atoms with E-state index in [1.165, 1.54) is 12.8 Å². The van der Waals surface area contributed by atoms with Gasteiger partial charge in [0, 0.05) is 26.1 Å². The van der Waals surface area contributed by atoms with Gasteiger partial charge in [-0.2, -0.15) is 0 Å². The van der Waals surface area contributed by atoms with Crippen molar-refractivity contribution < 1.29 is 0 Å². The Balaban J connectivity index is 2.16. The van der Waals surface area contributed by atoms with Gasteiger partial charge < -0.3 is 10.3 Å². The molecule has 0 aliphatic heterocycles. The van der Waals surface area contributed by atoms with Gasteiger partial charge in [-0.3, -0.25) is 0 Å². The Kier molecular flexibility index (Phi) is 3.24. The molecule has 1 fully saturated rings. The van der Waals surface area contributed by atoms with Gasteiger partial charge in [-0.25, -0.2) is 15.8 Å². The van der Waals surface area contributed by atoms with Crippen molar-refractivity contribution in [2.45, 2.75) is 26.2 Å². The zero-order valence-electron chi connectivity index (χ0n) is 9.90. The summed E-state index contributed by atoms with van der Waals surface area (Å²) >= 11 is 0. The summed E-state index contributed by atoms with van der Waals surface area (Å²) in [6.07, 6.45) is 3.51. The van der Waals surface area contributed by atoms with Crippen LogP contribution < -0.4 is 16.2 Å². The van der Waals surface area contributed by atoms with Gasteiger partial charge in [-0.05, 0) is 18.8 Å². The second-order valence-electron chi connectivity index (χ2n) is 4.35. The highest BCUT2D eigenvalue weighted by Crippen LogP contribution is 2.30. The predicted octanol–water partition coefficient (Wildman–Crippen LogP) is 1.17. The molecule has 0 atom stereocenters. The number of nitrogens with two attached hydrogens (primary N) is 1. The molecule has 1 aromatic rings. The summed E-state index contributed by atoms with van der Waals surface area (Å²) in [5.41, 5.74) is 2.59. The molecule has 0 aromatic carbocycles. The van der Waals surface area contributed by atoms with E-state index in [1.807, 2.05) is 13.0 Å². The largest absolute Gasteiger partial charge is 0.359 e. The molecular weight excluding hydrogens is 202 g/mol. The van der Waals surface area contributed by atoms with Crippen LogP contribution in [0.5, 0.6) is 0 Å². The summed E-state index contributed by atoms with van der Waals surface area (Å²) < 4.78 is 0. The van der Waals surface area contributed by atoms with Gasteiger partial charge in [0.1, 0.15) is 17.5 Å². The predicted molar refractivity (Wildman–Crippen MR) is 65.2 cm³/mol. The van der Waals surface area contributed by atoms with Crippen LogP contribution in [-0.4, -0.2) is 23.6 Å². The number of aromatic nitrogens is 2. The van der Waals surface area contributed by atoms with E-state index in [1.54, 1.807) is 0 Å². The van der Waals surface area contributed by atoms with Gasteiger partial charge in [0.25, 0.3) is 0 Å². The van der Waals surface area contributed by atoms with Crippen LogP contribution >= 0.6 is 0 Å². The number of rotatable bonds is 5. The van der Waals surface area contributed by atoms with Gasteiger partial charge >= 0.3 is 0 Å². The number of hydrogen-bond donors (Lipinski definition) is 2. The number of aryl methyl sites for hydroxylation is 1. The molecule has 2 rings (SSSR count). The molecule has 0 saturated heterocycles. The third kappa shape index (κ3) is 2.61. The first-order chi connectivity index (χ1) is 7.72. The molecule has 0 amide bonds. The molecule has 1 saturated carbocycles. The molecule has 0 spiro atoms. The fourth-order valence-electron chi connectivity index (χ4n) is 1.69. The van der Waals surface area contributed by atoms with Crippen molar-refractivity contribution in [1.82, 2.24) is 9.97 Å². The minimum atomic E-state index is 0.685. The Bertz CT molecular complexity index is 339. The van der Waals surface area contributed by atoms with Crippen molar-refractivity contribution in [3.8, 4) is 0 Å². The lowest BCUT2D eigenvalue weighted by atomic mass is 10.3. The third-order valence-electron chi connectivity index (χ3n) is 2.84. The molecule has 1 aliphatic rings. The first-order valence-corrected chi connectivity index (χ1v) is 5.78. The zero-order chi connectivity index (χ0) is 11.5. The molecule has 1 heterocycles. The lowest BCUT2D eigenvalue weighted by Gasteiger charge is -2.19. The van der Waals surface area contributed by atoms with Gasteiger partial charge in [-0.1, -0.05) is 6.92 Å². The lowest BCUT2D eigenvalue weighted by Crippen LogP contribution is -2.22. The number of nitrogen functional groups attached to an aromatic ring is 1. The van der Waals surface area contributed by atoms with E-state index >= 15 is 0 Å². The molecule has 5 nitrogen and oxygen atoms in total. The lowest BCUT2D eigenvalue weighted by molar-refractivity contribution is 0.769. The summed E-state index contributed by atoms with van der Waals surface area (Å²) in [5.74, 6) is 8.71. The highest BCUT2D eigenvalue weighted by molar-refractivity contribution is 5.48. The normalized spacial score (nSPS) is 14.9. The Morgan fingerprint density at radius 3 is 2.81 bits per heavy atom. The smallest absolute Gasteiger partial charge is 0.145 e. The van der Waals surface area contributed by atoms with Crippen molar-refractivity contribution in [3.05, 3.63) is 11.9 Å². The van der Waals surface area contributed by atoms with Gasteiger partial charge in [0.05, 0.1) is 0 Å². The standard InChI is InChI=1S/C11H19N5/c1-3-9-13-10(15-12)6-11(14-9)16(2)7-8-4-5-8/h6,8H,3-5,7,12H2,1-2H3,(H,13,14,15). The fourth-order valence-corrected chi connectivity index (χ4v) is 1.69. The molecule has 16 heavy (non-hydrogen) atoms. The zero-order valence-corrected chi connectivity index (χ0v) is 9.90. The minimum Gasteiger partial charge on any atom is -0.359 e. The van der Waals surface area contributed by atoms with E-state index in [0.29, 0.717) is 5.82 Å². The first kappa shape index (κ1) is 11.1. The molecule has 1 aromatic heterocycles. The average molecular weight is 221 g/mol. The maximum Gasteiger partial charge on any atom is 0.145 e.